The Morgan fingerprint density at radius 3 is 2.59 bits per heavy atom. The molecule has 4 N–H and O–H groups in total. The monoisotopic (exact) mass is 614 g/mol. The van der Waals surface area contributed by atoms with E-state index in [2.05, 4.69) is 43.3 Å². The van der Waals surface area contributed by atoms with E-state index in [4.69, 9.17) is 20.8 Å². The summed E-state index contributed by atoms with van der Waals surface area (Å²) in [6, 6.07) is 17.8. The quantitative estimate of drug-likeness (QED) is 0.227. The number of nitrogen functional groups attached to an aromatic ring is 1. The molecular weight excluding hydrogens is 576 g/mol. The highest BCUT2D eigenvalue weighted by Gasteiger charge is 2.35. The average molecular weight is 615 g/mol. The number of pyridine rings is 2. The number of hydrogen-bond acceptors (Lipinski definition) is 8. The fraction of sp³-hybridized carbons (Fsp3) is 0.400. The third kappa shape index (κ3) is 5.08. The molecule has 1 atom stereocenters. The van der Waals surface area contributed by atoms with E-state index in [1.807, 2.05) is 41.2 Å². The number of nitrogens with two attached hydrogens (primary N) is 1. The first-order chi connectivity index (χ1) is 22.6. The molecule has 4 aliphatic rings. The van der Waals surface area contributed by atoms with Crippen molar-refractivity contribution in [3.8, 4) is 22.9 Å². The van der Waals surface area contributed by atoms with Gasteiger partial charge in [0.15, 0.2) is 17.3 Å². The first-order valence-electron chi connectivity index (χ1n) is 16.7. The third-order valence-corrected chi connectivity index (χ3v) is 9.96. The van der Waals surface area contributed by atoms with Crippen molar-refractivity contribution in [2.45, 2.75) is 69.5 Å². The van der Waals surface area contributed by atoms with E-state index >= 15 is 0 Å². The zero-order chi connectivity index (χ0) is 30.8. The van der Waals surface area contributed by atoms with Crippen LogP contribution in [0.5, 0.6) is 0 Å². The fourth-order valence-electron chi connectivity index (χ4n) is 7.13. The van der Waals surface area contributed by atoms with Crippen molar-refractivity contribution in [1.82, 2.24) is 39.5 Å². The highest BCUT2D eigenvalue weighted by molar-refractivity contribution is 5.83. The smallest absolute Gasteiger partial charge is 0.225 e. The van der Waals surface area contributed by atoms with Crippen molar-refractivity contribution in [1.29, 1.82) is 0 Å². The maximum absolute atomic E-state index is 12.5. The number of carbonyl (C=O) groups is 1. The van der Waals surface area contributed by atoms with Gasteiger partial charge in [-0.1, -0.05) is 6.07 Å². The molecule has 234 valence electrons. The van der Waals surface area contributed by atoms with Crippen LogP contribution in [0.2, 0.25) is 0 Å². The lowest BCUT2D eigenvalue weighted by Gasteiger charge is -2.34. The highest BCUT2D eigenvalue weighted by Crippen LogP contribution is 2.37. The second kappa shape index (κ2) is 10.9. The van der Waals surface area contributed by atoms with E-state index < -0.39 is 0 Å². The van der Waals surface area contributed by atoms with Gasteiger partial charge in [-0.25, -0.2) is 19.6 Å². The first-order valence-corrected chi connectivity index (χ1v) is 16.7. The maximum atomic E-state index is 12.5. The van der Waals surface area contributed by atoms with Gasteiger partial charge in [0.25, 0.3) is 0 Å². The van der Waals surface area contributed by atoms with Gasteiger partial charge in [0, 0.05) is 61.3 Å². The minimum atomic E-state index is 0.303. The number of hydrogen-bond donors (Lipinski definition) is 3. The second-order valence-corrected chi connectivity index (χ2v) is 13.3. The summed E-state index contributed by atoms with van der Waals surface area (Å²) in [7, 11) is 0. The molecule has 11 heteroatoms. The van der Waals surface area contributed by atoms with Crippen LogP contribution in [0.3, 0.4) is 0 Å². The van der Waals surface area contributed by atoms with Gasteiger partial charge in [0.1, 0.15) is 17.2 Å². The molecule has 1 aromatic carbocycles. The summed E-state index contributed by atoms with van der Waals surface area (Å²) >= 11 is 0. The maximum Gasteiger partial charge on any atom is 0.225 e. The molecule has 0 spiro atoms. The number of nitrogens with one attached hydrogen (secondary N) is 2. The Morgan fingerprint density at radius 2 is 1.78 bits per heavy atom. The number of amides is 1. The largest absolute Gasteiger partial charge is 0.383 e. The predicted octanol–water partition coefficient (Wildman–Crippen LogP) is 4.80. The van der Waals surface area contributed by atoms with Crippen LogP contribution in [0.15, 0.2) is 60.9 Å². The van der Waals surface area contributed by atoms with Gasteiger partial charge in [0.2, 0.25) is 5.91 Å². The van der Waals surface area contributed by atoms with Crippen LogP contribution in [0, 0.1) is 5.92 Å². The summed E-state index contributed by atoms with van der Waals surface area (Å²) in [6.45, 7) is 1.73. The molecule has 3 fully saturated rings. The van der Waals surface area contributed by atoms with E-state index in [0.29, 0.717) is 41.6 Å². The molecular formula is C35H38N10O. The van der Waals surface area contributed by atoms with Crippen LogP contribution < -0.4 is 16.4 Å². The van der Waals surface area contributed by atoms with Crippen molar-refractivity contribution < 1.29 is 4.79 Å². The summed E-state index contributed by atoms with van der Waals surface area (Å²) in [5, 5.41) is 12.1. The number of likely N-dealkylation sites (tertiary alicyclic amines) is 1. The first kappa shape index (κ1) is 27.5. The molecule has 0 unspecified atom stereocenters. The molecule has 11 nitrogen and oxygen atoms in total. The van der Waals surface area contributed by atoms with Gasteiger partial charge >= 0.3 is 0 Å². The molecule has 3 aliphatic carbocycles. The lowest BCUT2D eigenvalue weighted by molar-refractivity contribution is -0.133. The molecule has 5 aromatic rings. The van der Waals surface area contributed by atoms with E-state index in [1.54, 1.807) is 6.20 Å². The number of benzene rings is 1. The molecule has 1 aliphatic heterocycles. The average Bonchev–Trinajstić information content (AvgIpc) is 3.98. The van der Waals surface area contributed by atoms with E-state index in [0.717, 1.165) is 85.7 Å². The number of carbonyl (C=O) groups excluding carboxylic acids is 1. The Balaban J connectivity index is 1.03. The number of aromatic nitrogens is 6. The topological polar surface area (TPSA) is 132 Å². The number of aryl methyl sites for hydroxylation is 1. The van der Waals surface area contributed by atoms with Crippen molar-refractivity contribution in [2.75, 3.05) is 24.1 Å². The van der Waals surface area contributed by atoms with Gasteiger partial charge in [-0.2, -0.15) is 0 Å². The van der Waals surface area contributed by atoms with Crippen LogP contribution >= 0.6 is 0 Å². The normalized spacial score (nSPS) is 19.9. The van der Waals surface area contributed by atoms with Crippen LogP contribution in [-0.2, 0) is 11.2 Å². The Kier molecular flexibility index (Phi) is 6.55. The van der Waals surface area contributed by atoms with Crippen LogP contribution in [0.4, 0.5) is 11.6 Å². The summed E-state index contributed by atoms with van der Waals surface area (Å²) < 4.78 is 3.91. The van der Waals surface area contributed by atoms with Gasteiger partial charge in [-0.05, 0) is 98.9 Å². The minimum Gasteiger partial charge on any atom is -0.383 e. The van der Waals surface area contributed by atoms with Gasteiger partial charge < -0.3 is 21.3 Å². The second-order valence-electron chi connectivity index (χ2n) is 13.3. The zero-order valence-corrected chi connectivity index (χ0v) is 25.8. The number of rotatable bonds is 8. The van der Waals surface area contributed by atoms with Crippen molar-refractivity contribution >= 4 is 28.7 Å². The van der Waals surface area contributed by atoms with E-state index in [-0.39, 0.29) is 0 Å². The van der Waals surface area contributed by atoms with Gasteiger partial charge in [-0.15, -0.1) is 5.10 Å². The Bertz CT molecular complexity index is 1950. The predicted molar refractivity (Wildman–Crippen MR) is 177 cm³/mol. The molecule has 4 aromatic heterocycles. The standard InChI is InChI=1S/C35H38N10O/c36-32-27(2-1-16-37-32)33-40-29-11-12-31(44-19-15-30(42-44)39-23-6-7-23)41-34(29)45(33)25-8-9-26-22(20-25)5-10-28(26)38-24-13-17-43(18-14-24)35(46)21-3-4-21/h1-2,8-9,11-12,15-16,19-21,23-24,28,38H,3-7,10,13-14,17-18H2,(H2,36,37)(H,39,42)/t28-/m0/s1. The van der Waals surface area contributed by atoms with Crippen LogP contribution in [0.1, 0.15) is 62.1 Å². The number of anilines is 2. The molecule has 0 bridgehead atoms. The van der Waals surface area contributed by atoms with E-state index in [1.165, 1.54) is 24.0 Å². The Morgan fingerprint density at radius 1 is 0.913 bits per heavy atom. The SMILES string of the molecule is Nc1ncccc1-c1nc2ccc(-n3ccc(NC4CC4)n3)nc2n1-c1ccc2c(c1)CC[C@@H]2NC1CCN(C(=O)C2CC2)CC1. The molecule has 5 heterocycles. The fourth-order valence-corrected chi connectivity index (χ4v) is 7.13. The van der Waals surface area contributed by atoms with Crippen LogP contribution in [-0.4, -0.2) is 65.3 Å². The Labute approximate surface area is 267 Å². The molecule has 1 saturated heterocycles. The van der Waals surface area contributed by atoms with Crippen LogP contribution in [0.25, 0.3) is 34.1 Å². The summed E-state index contributed by atoms with van der Waals surface area (Å²) in [5.74, 6) is 3.40. The summed E-state index contributed by atoms with van der Waals surface area (Å²) in [6.07, 6.45) is 12.3. The van der Waals surface area contributed by atoms with Crippen molar-refractivity contribution in [3.05, 3.63) is 72.1 Å². The van der Waals surface area contributed by atoms with Crippen molar-refractivity contribution in [3.63, 3.8) is 0 Å². The zero-order valence-electron chi connectivity index (χ0n) is 25.8. The van der Waals surface area contributed by atoms with E-state index in [9.17, 15) is 4.79 Å². The summed E-state index contributed by atoms with van der Waals surface area (Å²) in [4.78, 5) is 29.1. The number of piperidine rings is 1. The molecule has 2 saturated carbocycles. The molecule has 46 heavy (non-hydrogen) atoms. The number of imidazole rings is 1. The van der Waals surface area contributed by atoms with Crippen molar-refractivity contribution in [2.24, 2.45) is 5.92 Å². The highest BCUT2D eigenvalue weighted by atomic mass is 16.2. The van der Waals surface area contributed by atoms with Gasteiger partial charge in [-0.3, -0.25) is 9.36 Å². The molecule has 0 radical (unpaired) electrons. The molecule has 1 amide bonds. The lowest BCUT2D eigenvalue weighted by Crippen LogP contribution is -2.46. The third-order valence-electron chi connectivity index (χ3n) is 9.96. The number of nitrogens with zero attached hydrogens (tertiary/aromatic N) is 7. The molecule has 9 rings (SSSR count). The minimum absolute atomic E-state index is 0.303. The van der Waals surface area contributed by atoms with Gasteiger partial charge in [0.05, 0.1) is 5.56 Å². The Hall–Kier alpha value is -4.77. The number of fused-ring (bicyclic) bond motifs is 2. The summed E-state index contributed by atoms with van der Waals surface area (Å²) in [5.41, 5.74) is 12.4. The lowest BCUT2D eigenvalue weighted by atomic mass is 10.0.